The minimum Gasteiger partial charge on any atom is -0.484 e. The molecule has 0 aliphatic heterocycles. The van der Waals surface area contributed by atoms with Crippen LogP contribution in [0.4, 0.5) is 5.69 Å². The quantitative estimate of drug-likeness (QED) is 0.594. The molecule has 1 aromatic heterocycles. The largest absolute Gasteiger partial charge is 0.484 e. The second kappa shape index (κ2) is 9.20. The predicted octanol–water partition coefficient (Wildman–Crippen LogP) is 2.89. The van der Waals surface area contributed by atoms with E-state index in [2.05, 4.69) is 15.0 Å². The Hall–Kier alpha value is -3.39. The van der Waals surface area contributed by atoms with Gasteiger partial charge in [0.2, 0.25) is 0 Å². The number of aromatic nitrogens is 1. The lowest BCUT2D eigenvalue weighted by atomic mass is 10.2. The molecule has 0 saturated carbocycles. The van der Waals surface area contributed by atoms with Crippen molar-refractivity contribution in [2.24, 2.45) is 0 Å². The molecule has 1 heterocycles. The van der Waals surface area contributed by atoms with Crippen LogP contribution in [0.15, 0.2) is 78.0 Å². The van der Waals surface area contributed by atoms with Crippen LogP contribution in [0.1, 0.15) is 11.1 Å². The van der Waals surface area contributed by atoms with Crippen molar-refractivity contribution in [3.05, 3.63) is 84.2 Å². The van der Waals surface area contributed by atoms with E-state index in [9.17, 15) is 13.2 Å². The normalized spacial score (nSPS) is 10.9. The number of benzene rings is 2. The van der Waals surface area contributed by atoms with Gasteiger partial charge in [-0.1, -0.05) is 18.2 Å². The van der Waals surface area contributed by atoms with E-state index in [1.54, 1.807) is 24.5 Å². The van der Waals surface area contributed by atoms with Crippen molar-refractivity contribution in [1.29, 1.82) is 0 Å². The molecule has 2 N–H and O–H groups in total. The smallest absolute Gasteiger partial charge is 0.261 e. The Labute approximate surface area is 169 Å². The number of rotatable bonds is 8. The number of aryl methyl sites for hydroxylation is 1. The van der Waals surface area contributed by atoms with Crippen molar-refractivity contribution in [3.63, 3.8) is 0 Å². The molecule has 3 rings (SSSR count). The molecule has 0 atom stereocenters. The van der Waals surface area contributed by atoms with E-state index in [0.29, 0.717) is 18.0 Å². The topological polar surface area (TPSA) is 97.4 Å². The van der Waals surface area contributed by atoms with E-state index in [4.69, 9.17) is 4.74 Å². The summed E-state index contributed by atoms with van der Waals surface area (Å²) in [6.07, 6.45) is 3.31. The third kappa shape index (κ3) is 5.79. The number of amides is 1. The summed E-state index contributed by atoms with van der Waals surface area (Å²) in [6, 6.07) is 16.7. The van der Waals surface area contributed by atoms with Gasteiger partial charge in [-0.15, -0.1) is 0 Å². The summed E-state index contributed by atoms with van der Waals surface area (Å²) in [6.45, 7) is 2.04. The first-order chi connectivity index (χ1) is 13.9. The molecule has 8 heteroatoms. The van der Waals surface area contributed by atoms with Crippen LogP contribution in [-0.4, -0.2) is 25.9 Å². The number of carbonyl (C=O) groups is 1. The summed E-state index contributed by atoms with van der Waals surface area (Å²) in [7, 11) is -3.71. The van der Waals surface area contributed by atoms with Crippen LogP contribution in [-0.2, 0) is 21.4 Å². The highest BCUT2D eigenvalue weighted by Gasteiger charge is 2.15. The van der Waals surface area contributed by atoms with Gasteiger partial charge in [0.1, 0.15) is 5.75 Å². The summed E-state index contributed by atoms with van der Waals surface area (Å²) < 4.78 is 33.1. The first kappa shape index (κ1) is 20.3. The molecule has 0 aliphatic carbocycles. The minimum atomic E-state index is -3.71. The van der Waals surface area contributed by atoms with Crippen molar-refractivity contribution in [3.8, 4) is 5.75 Å². The molecule has 7 nitrogen and oxygen atoms in total. The SMILES string of the molecule is Cc1ccccc1NS(=O)(=O)c1ccc(OCC(=O)NCc2ccncc2)cc1. The van der Waals surface area contributed by atoms with Crippen molar-refractivity contribution < 1.29 is 17.9 Å². The monoisotopic (exact) mass is 411 g/mol. The third-order valence-corrected chi connectivity index (χ3v) is 5.51. The maximum absolute atomic E-state index is 12.5. The summed E-state index contributed by atoms with van der Waals surface area (Å²) in [5, 5.41) is 2.74. The average Bonchev–Trinajstić information content (AvgIpc) is 2.73. The highest BCUT2D eigenvalue weighted by Crippen LogP contribution is 2.21. The van der Waals surface area contributed by atoms with Crippen LogP contribution < -0.4 is 14.8 Å². The maximum Gasteiger partial charge on any atom is 0.261 e. The first-order valence-electron chi connectivity index (χ1n) is 8.91. The van der Waals surface area contributed by atoms with E-state index in [1.807, 2.05) is 31.2 Å². The Morgan fingerprint density at radius 1 is 1.00 bits per heavy atom. The molecule has 1 amide bonds. The number of ether oxygens (including phenoxy) is 1. The van der Waals surface area contributed by atoms with Gasteiger partial charge in [0.25, 0.3) is 15.9 Å². The Morgan fingerprint density at radius 3 is 2.38 bits per heavy atom. The number of hydrogen-bond acceptors (Lipinski definition) is 5. The molecular formula is C21H21N3O4S. The zero-order valence-corrected chi connectivity index (χ0v) is 16.6. The number of para-hydroxylation sites is 1. The number of hydrogen-bond donors (Lipinski definition) is 2. The first-order valence-corrected chi connectivity index (χ1v) is 10.4. The molecule has 0 aliphatic rings. The maximum atomic E-state index is 12.5. The Balaban J connectivity index is 1.54. The molecule has 0 fully saturated rings. The van der Waals surface area contributed by atoms with Gasteiger partial charge >= 0.3 is 0 Å². The molecule has 29 heavy (non-hydrogen) atoms. The lowest BCUT2D eigenvalue weighted by molar-refractivity contribution is -0.123. The standard InChI is InChI=1S/C21H21N3O4S/c1-16-4-2-3-5-20(16)24-29(26,27)19-8-6-18(7-9-19)28-15-21(25)23-14-17-10-12-22-13-11-17/h2-13,24H,14-15H2,1H3,(H,23,25). The van der Waals surface area contributed by atoms with Gasteiger partial charge in [-0.3, -0.25) is 14.5 Å². The van der Waals surface area contributed by atoms with Crippen LogP contribution in [0, 0.1) is 6.92 Å². The van der Waals surface area contributed by atoms with Crippen LogP contribution >= 0.6 is 0 Å². The Bertz CT molecular complexity index is 1070. The molecule has 0 spiro atoms. The second-order valence-electron chi connectivity index (χ2n) is 6.31. The van der Waals surface area contributed by atoms with Gasteiger partial charge in [0, 0.05) is 18.9 Å². The zero-order chi connectivity index (χ0) is 20.7. The Kier molecular flexibility index (Phi) is 6.46. The van der Waals surface area contributed by atoms with Gasteiger partial charge in [-0.25, -0.2) is 8.42 Å². The van der Waals surface area contributed by atoms with Gasteiger partial charge in [0.05, 0.1) is 10.6 Å². The van der Waals surface area contributed by atoms with E-state index in [1.165, 1.54) is 24.3 Å². The van der Waals surface area contributed by atoms with Gasteiger partial charge in [-0.2, -0.15) is 0 Å². The lowest BCUT2D eigenvalue weighted by Gasteiger charge is -2.11. The molecule has 150 valence electrons. The number of sulfonamides is 1. The van der Waals surface area contributed by atoms with Gasteiger partial charge in [-0.05, 0) is 60.5 Å². The molecule has 0 radical (unpaired) electrons. The number of carbonyl (C=O) groups excluding carboxylic acids is 1. The lowest BCUT2D eigenvalue weighted by Crippen LogP contribution is -2.28. The van der Waals surface area contributed by atoms with Crippen molar-refractivity contribution in [1.82, 2.24) is 10.3 Å². The number of nitrogens with one attached hydrogen (secondary N) is 2. The minimum absolute atomic E-state index is 0.107. The van der Waals surface area contributed by atoms with E-state index in [-0.39, 0.29) is 17.4 Å². The van der Waals surface area contributed by atoms with Crippen LogP contribution in [0.25, 0.3) is 0 Å². The Morgan fingerprint density at radius 2 is 1.69 bits per heavy atom. The fourth-order valence-electron chi connectivity index (χ4n) is 2.51. The van der Waals surface area contributed by atoms with Gasteiger partial charge in [0.15, 0.2) is 6.61 Å². The van der Waals surface area contributed by atoms with Gasteiger partial charge < -0.3 is 10.1 Å². The van der Waals surface area contributed by atoms with Crippen molar-refractivity contribution in [2.75, 3.05) is 11.3 Å². The molecule has 2 aromatic carbocycles. The van der Waals surface area contributed by atoms with E-state index < -0.39 is 10.0 Å². The summed E-state index contributed by atoms with van der Waals surface area (Å²) in [4.78, 5) is 15.9. The molecule has 0 unspecified atom stereocenters. The van der Waals surface area contributed by atoms with Crippen LogP contribution in [0.3, 0.4) is 0 Å². The second-order valence-corrected chi connectivity index (χ2v) is 8.00. The van der Waals surface area contributed by atoms with Crippen LogP contribution in [0.5, 0.6) is 5.75 Å². The van der Waals surface area contributed by atoms with E-state index in [0.717, 1.165) is 11.1 Å². The summed E-state index contributed by atoms with van der Waals surface area (Å²) >= 11 is 0. The third-order valence-electron chi connectivity index (χ3n) is 4.13. The van der Waals surface area contributed by atoms with Crippen molar-refractivity contribution >= 4 is 21.6 Å². The number of nitrogens with zero attached hydrogens (tertiary/aromatic N) is 1. The van der Waals surface area contributed by atoms with Crippen molar-refractivity contribution in [2.45, 2.75) is 18.4 Å². The summed E-state index contributed by atoms with van der Waals surface area (Å²) in [5.74, 6) is 0.124. The van der Waals surface area contributed by atoms with Crippen LogP contribution in [0.2, 0.25) is 0 Å². The van der Waals surface area contributed by atoms with E-state index >= 15 is 0 Å². The molecule has 3 aromatic rings. The molecular weight excluding hydrogens is 390 g/mol. The fraction of sp³-hybridized carbons (Fsp3) is 0.143. The zero-order valence-electron chi connectivity index (χ0n) is 15.8. The fourth-order valence-corrected chi connectivity index (χ4v) is 3.64. The molecule has 0 bridgehead atoms. The highest BCUT2D eigenvalue weighted by molar-refractivity contribution is 7.92. The molecule has 0 saturated heterocycles. The highest BCUT2D eigenvalue weighted by atomic mass is 32.2. The number of anilines is 1. The summed E-state index contributed by atoms with van der Waals surface area (Å²) in [5.41, 5.74) is 2.29. The predicted molar refractivity (Wildman–Crippen MR) is 110 cm³/mol. The average molecular weight is 411 g/mol. The number of pyridine rings is 1.